The van der Waals surface area contributed by atoms with Crippen molar-refractivity contribution in [2.45, 2.75) is 25.9 Å². The molecule has 0 spiro atoms. The number of rotatable bonds is 5. The first-order valence-electron chi connectivity index (χ1n) is 6.52. The predicted octanol–water partition coefficient (Wildman–Crippen LogP) is 2.67. The molecule has 18 heavy (non-hydrogen) atoms. The Bertz CT molecular complexity index is 391. The lowest BCUT2D eigenvalue weighted by molar-refractivity contribution is 0.193. The SMILES string of the molecule is CCNCc1ccc(N(C)C2CCOC2)cc1Cl. The molecule has 0 saturated carbocycles. The fraction of sp³-hybridized carbons (Fsp3) is 0.571. The van der Waals surface area contributed by atoms with Gasteiger partial charge in [0.25, 0.3) is 0 Å². The number of halogens is 1. The van der Waals surface area contributed by atoms with Gasteiger partial charge in [-0.25, -0.2) is 0 Å². The first-order chi connectivity index (χ1) is 8.72. The Morgan fingerprint density at radius 2 is 2.33 bits per heavy atom. The molecular weight excluding hydrogens is 248 g/mol. The lowest BCUT2D eigenvalue weighted by atomic mass is 10.1. The molecule has 1 aromatic carbocycles. The maximum atomic E-state index is 6.32. The topological polar surface area (TPSA) is 24.5 Å². The summed E-state index contributed by atoms with van der Waals surface area (Å²) in [5, 5.41) is 4.12. The molecule has 0 aromatic heterocycles. The van der Waals surface area contributed by atoms with Crippen molar-refractivity contribution in [1.82, 2.24) is 5.32 Å². The van der Waals surface area contributed by atoms with Crippen molar-refractivity contribution in [3.63, 3.8) is 0 Å². The molecule has 0 aliphatic carbocycles. The Morgan fingerprint density at radius 3 is 2.94 bits per heavy atom. The molecule has 1 aliphatic rings. The Labute approximate surface area is 114 Å². The molecule has 1 heterocycles. The van der Waals surface area contributed by atoms with Crippen molar-refractivity contribution in [1.29, 1.82) is 0 Å². The first-order valence-corrected chi connectivity index (χ1v) is 6.90. The predicted molar refractivity (Wildman–Crippen MR) is 76.5 cm³/mol. The monoisotopic (exact) mass is 268 g/mol. The van der Waals surface area contributed by atoms with Crippen molar-refractivity contribution in [2.75, 3.05) is 31.7 Å². The summed E-state index contributed by atoms with van der Waals surface area (Å²) < 4.78 is 5.42. The fourth-order valence-electron chi connectivity index (χ4n) is 2.20. The Morgan fingerprint density at radius 1 is 1.50 bits per heavy atom. The number of hydrogen-bond acceptors (Lipinski definition) is 3. The Hall–Kier alpha value is -0.770. The van der Waals surface area contributed by atoms with Crippen LogP contribution in [0.1, 0.15) is 18.9 Å². The summed E-state index contributed by atoms with van der Waals surface area (Å²) >= 11 is 6.32. The molecule has 1 aromatic rings. The van der Waals surface area contributed by atoms with Crippen LogP contribution in [-0.2, 0) is 11.3 Å². The summed E-state index contributed by atoms with van der Waals surface area (Å²) in [6.07, 6.45) is 1.09. The van der Waals surface area contributed by atoms with E-state index in [-0.39, 0.29) is 0 Å². The van der Waals surface area contributed by atoms with Crippen molar-refractivity contribution >= 4 is 17.3 Å². The van der Waals surface area contributed by atoms with E-state index in [2.05, 4.69) is 36.3 Å². The van der Waals surface area contributed by atoms with Gasteiger partial charge >= 0.3 is 0 Å². The maximum Gasteiger partial charge on any atom is 0.0670 e. The highest BCUT2D eigenvalue weighted by molar-refractivity contribution is 6.31. The van der Waals surface area contributed by atoms with Crippen LogP contribution in [0.15, 0.2) is 18.2 Å². The van der Waals surface area contributed by atoms with Crippen molar-refractivity contribution < 1.29 is 4.74 Å². The van der Waals surface area contributed by atoms with E-state index >= 15 is 0 Å². The molecule has 100 valence electrons. The minimum absolute atomic E-state index is 0.473. The van der Waals surface area contributed by atoms with Gasteiger partial charge in [-0.15, -0.1) is 0 Å². The van der Waals surface area contributed by atoms with E-state index in [1.807, 2.05) is 6.07 Å². The summed E-state index contributed by atoms with van der Waals surface area (Å²) in [5.41, 5.74) is 2.31. The van der Waals surface area contributed by atoms with E-state index in [9.17, 15) is 0 Å². The number of nitrogens with one attached hydrogen (secondary N) is 1. The van der Waals surface area contributed by atoms with Crippen LogP contribution in [-0.4, -0.2) is 32.8 Å². The standard InChI is InChI=1S/C14H21ClN2O/c1-3-16-9-11-4-5-12(8-14(11)15)17(2)13-6-7-18-10-13/h4-5,8,13,16H,3,6-7,9-10H2,1-2H3. The average molecular weight is 269 g/mol. The summed E-state index contributed by atoms with van der Waals surface area (Å²) in [7, 11) is 2.11. The van der Waals surface area contributed by atoms with Crippen LogP contribution >= 0.6 is 11.6 Å². The van der Waals surface area contributed by atoms with Gasteiger partial charge in [-0.3, -0.25) is 0 Å². The van der Waals surface area contributed by atoms with Gasteiger partial charge in [0.15, 0.2) is 0 Å². The first kappa shape index (κ1) is 13.7. The molecule has 0 radical (unpaired) electrons. The van der Waals surface area contributed by atoms with Crippen molar-refractivity contribution in [3.05, 3.63) is 28.8 Å². The van der Waals surface area contributed by atoms with Crippen LogP contribution in [0.3, 0.4) is 0 Å². The summed E-state index contributed by atoms with van der Waals surface area (Å²) in [6, 6.07) is 6.76. The molecule has 1 aliphatic heterocycles. The van der Waals surface area contributed by atoms with E-state index < -0.39 is 0 Å². The summed E-state index contributed by atoms with van der Waals surface area (Å²) in [4.78, 5) is 2.26. The Kier molecular flexibility index (Phi) is 4.87. The average Bonchev–Trinajstić information content (AvgIpc) is 2.90. The third-order valence-corrected chi connectivity index (χ3v) is 3.81. The summed E-state index contributed by atoms with van der Waals surface area (Å²) in [5.74, 6) is 0. The molecular formula is C14H21ClN2O. The van der Waals surface area contributed by atoms with E-state index in [4.69, 9.17) is 16.3 Å². The zero-order valence-corrected chi connectivity index (χ0v) is 11.8. The smallest absolute Gasteiger partial charge is 0.0670 e. The normalized spacial score (nSPS) is 19.2. The van der Waals surface area contributed by atoms with Gasteiger partial charge in [0.1, 0.15) is 0 Å². The highest BCUT2D eigenvalue weighted by Gasteiger charge is 2.20. The quantitative estimate of drug-likeness (QED) is 0.889. The lowest BCUT2D eigenvalue weighted by Crippen LogP contribution is -2.31. The Balaban J connectivity index is 2.07. The lowest BCUT2D eigenvalue weighted by Gasteiger charge is -2.26. The largest absolute Gasteiger partial charge is 0.379 e. The number of ether oxygens (including phenoxy) is 1. The van der Waals surface area contributed by atoms with Crippen LogP contribution in [0, 0.1) is 0 Å². The third kappa shape index (κ3) is 3.16. The van der Waals surface area contributed by atoms with Gasteiger partial charge in [-0.05, 0) is 30.7 Å². The van der Waals surface area contributed by atoms with Crippen LogP contribution in [0.25, 0.3) is 0 Å². The van der Waals surface area contributed by atoms with Crippen molar-refractivity contribution in [2.24, 2.45) is 0 Å². The van der Waals surface area contributed by atoms with Gasteiger partial charge in [0, 0.05) is 30.9 Å². The zero-order valence-electron chi connectivity index (χ0n) is 11.1. The second-order valence-electron chi connectivity index (χ2n) is 4.68. The molecule has 1 atom stereocenters. The maximum absolute atomic E-state index is 6.32. The van der Waals surface area contributed by atoms with Crippen molar-refractivity contribution in [3.8, 4) is 0 Å². The molecule has 1 unspecified atom stereocenters. The van der Waals surface area contributed by atoms with E-state index in [0.717, 1.165) is 49.0 Å². The number of likely N-dealkylation sites (N-methyl/N-ethyl adjacent to an activating group) is 1. The van der Waals surface area contributed by atoms with E-state index in [0.29, 0.717) is 6.04 Å². The van der Waals surface area contributed by atoms with Gasteiger partial charge in [-0.2, -0.15) is 0 Å². The zero-order chi connectivity index (χ0) is 13.0. The van der Waals surface area contributed by atoms with Gasteiger partial charge in [0.05, 0.1) is 12.6 Å². The molecule has 1 N–H and O–H groups in total. The fourth-order valence-corrected chi connectivity index (χ4v) is 2.44. The number of benzene rings is 1. The number of anilines is 1. The molecule has 1 saturated heterocycles. The highest BCUT2D eigenvalue weighted by Crippen LogP contribution is 2.26. The molecule has 3 nitrogen and oxygen atoms in total. The highest BCUT2D eigenvalue weighted by atomic mass is 35.5. The van der Waals surface area contributed by atoms with Crippen LogP contribution in [0.4, 0.5) is 5.69 Å². The van der Waals surface area contributed by atoms with Crippen LogP contribution in [0.2, 0.25) is 5.02 Å². The van der Waals surface area contributed by atoms with Gasteiger partial charge < -0.3 is 15.0 Å². The second-order valence-corrected chi connectivity index (χ2v) is 5.09. The molecule has 0 amide bonds. The molecule has 2 rings (SSSR count). The minimum Gasteiger partial charge on any atom is -0.379 e. The molecule has 1 fully saturated rings. The number of nitrogens with zero attached hydrogens (tertiary/aromatic N) is 1. The van der Waals surface area contributed by atoms with Crippen LogP contribution in [0.5, 0.6) is 0 Å². The van der Waals surface area contributed by atoms with Crippen LogP contribution < -0.4 is 10.2 Å². The van der Waals surface area contributed by atoms with Gasteiger partial charge in [-0.1, -0.05) is 24.6 Å². The second kappa shape index (κ2) is 6.41. The third-order valence-electron chi connectivity index (χ3n) is 3.46. The molecule has 4 heteroatoms. The van der Waals surface area contributed by atoms with Gasteiger partial charge in [0.2, 0.25) is 0 Å². The number of hydrogen-bond donors (Lipinski definition) is 1. The van der Waals surface area contributed by atoms with E-state index in [1.54, 1.807) is 0 Å². The summed E-state index contributed by atoms with van der Waals surface area (Å²) in [6.45, 7) is 5.55. The minimum atomic E-state index is 0.473. The van der Waals surface area contributed by atoms with E-state index in [1.165, 1.54) is 0 Å². The molecule has 0 bridgehead atoms.